The lowest BCUT2D eigenvalue weighted by atomic mass is 10.1. The van der Waals surface area contributed by atoms with E-state index >= 15 is 0 Å². The van der Waals surface area contributed by atoms with Gasteiger partial charge in [0.05, 0.1) is 22.5 Å². The molecule has 0 saturated carbocycles. The highest BCUT2D eigenvalue weighted by atomic mass is 32.2. The molecule has 0 spiro atoms. The van der Waals surface area contributed by atoms with E-state index in [0.29, 0.717) is 10.6 Å². The third-order valence-electron chi connectivity index (χ3n) is 3.32. The molecular formula is C17H17F3N2OS2. The third kappa shape index (κ3) is 5.89. The predicted molar refractivity (Wildman–Crippen MR) is 96.8 cm³/mol. The molecule has 1 aromatic heterocycles. The minimum atomic E-state index is -4.55. The molecule has 2 rings (SSSR count). The van der Waals surface area contributed by atoms with Crippen molar-refractivity contribution in [1.29, 1.82) is 0 Å². The number of thioether (sulfide) groups is 1. The van der Waals surface area contributed by atoms with Gasteiger partial charge in [-0.2, -0.15) is 13.2 Å². The molecule has 0 bridgehead atoms. The summed E-state index contributed by atoms with van der Waals surface area (Å²) in [7, 11) is 0. The molecule has 0 radical (unpaired) electrons. The first-order chi connectivity index (χ1) is 11.8. The Labute approximate surface area is 152 Å². The van der Waals surface area contributed by atoms with Crippen LogP contribution in [0.3, 0.4) is 0 Å². The lowest BCUT2D eigenvalue weighted by molar-refractivity contribution is -0.137. The van der Waals surface area contributed by atoms with Gasteiger partial charge in [-0.15, -0.1) is 23.1 Å². The summed E-state index contributed by atoms with van der Waals surface area (Å²) in [5, 5.41) is 4.23. The van der Waals surface area contributed by atoms with Crippen molar-refractivity contribution in [3.05, 3.63) is 46.4 Å². The zero-order chi connectivity index (χ0) is 18.4. The monoisotopic (exact) mass is 386 g/mol. The molecule has 8 heteroatoms. The number of halogens is 3. The van der Waals surface area contributed by atoms with Gasteiger partial charge in [0.2, 0.25) is 5.91 Å². The van der Waals surface area contributed by atoms with Crippen molar-refractivity contribution in [2.45, 2.75) is 36.6 Å². The first-order valence-corrected chi connectivity index (χ1v) is 9.37. The fraction of sp³-hybridized carbons (Fsp3) is 0.294. The molecule has 2 aromatic rings. The Morgan fingerprint density at radius 3 is 2.80 bits per heavy atom. The molecule has 3 nitrogen and oxygen atoms in total. The molecule has 0 aliphatic rings. The van der Waals surface area contributed by atoms with Gasteiger partial charge < -0.3 is 5.32 Å². The minimum absolute atomic E-state index is 0.211. The Hall–Kier alpha value is -1.80. The van der Waals surface area contributed by atoms with Crippen LogP contribution in [0.5, 0.6) is 0 Å². The SMILES string of the molecule is CCC(C)Sc1ccc(NC(=O)C=Cc2cscn2)c(C(F)(F)F)c1. The van der Waals surface area contributed by atoms with Gasteiger partial charge in [-0.25, -0.2) is 4.98 Å². The molecule has 0 aliphatic carbocycles. The van der Waals surface area contributed by atoms with Crippen LogP contribution in [-0.4, -0.2) is 16.1 Å². The highest BCUT2D eigenvalue weighted by Gasteiger charge is 2.34. The summed E-state index contributed by atoms with van der Waals surface area (Å²) in [6.07, 6.45) is -1.08. The van der Waals surface area contributed by atoms with E-state index in [1.54, 1.807) is 17.0 Å². The molecule has 1 N–H and O–H groups in total. The summed E-state index contributed by atoms with van der Waals surface area (Å²) in [6, 6.07) is 3.96. The van der Waals surface area contributed by atoms with E-state index in [-0.39, 0.29) is 10.9 Å². The van der Waals surface area contributed by atoms with E-state index in [4.69, 9.17) is 0 Å². The summed E-state index contributed by atoms with van der Waals surface area (Å²) in [6.45, 7) is 3.93. The largest absolute Gasteiger partial charge is 0.418 e. The van der Waals surface area contributed by atoms with Crippen LogP contribution < -0.4 is 5.32 Å². The second-order valence-corrected chi connectivity index (χ2v) is 7.51. The number of benzene rings is 1. The van der Waals surface area contributed by atoms with Crippen LogP contribution in [0.25, 0.3) is 6.08 Å². The number of rotatable bonds is 6. The zero-order valence-corrected chi connectivity index (χ0v) is 15.3. The highest BCUT2D eigenvalue weighted by Crippen LogP contribution is 2.38. The van der Waals surface area contributed by atoms with Gasteiger partial charge in [0.15, 0.2) is 0 Å². The number of nitrogens with zero attached hydrogens (tertiary/aromatic N) is 1. The fourth-order valence-electron chi connectivity index (χ4n) is 1.90. The lowest BCUT2D eigenvalue weighted by Crippen LogP contribution is -2.15. The number of hydrogen-bond donors (Lipinski definition) is 1. The van der Waals surface area contributed by atoms with Crippen LogP contribution in [0.4, 0.5) is 18.9 Å². The summed E-state index contributed by atoms with van der Waals surface area (Å²) in [5.74, 6) is -0.638. The minimum Gasteiger partial charge on any atom is -0.322 e. The zero-order valence-electron chi connectivity index (χ0n) is 13.6. The van der Waals surface area contributed by atoms with Crippen molar-refractivity contribution >= 4 is 40.8 Å². The van der Waals surface area contributed by atoms with Crippen molar-refractivity contribution in [2.75, 3.05) is 5.32 Å². The summed E-state index contributed by atoms with van der Waals surface area (Å²) >= 11 is 2.74. The molecule has 0 fully saturated rings. The van der Waals surface area contributed by atoms with Crippen LogP contribution in [-0.2, 0) is 11.0 Å². The maximum atomic E-state index is 13.3. The van der Waals surface area contributed by atoms with Crippen molar-refractivity contribution < 1.29 is 18.0 Å². The average Bonchev–Trinajstić information content (AvgIpc) is 3.06. The third-order valence-corrected chi connectivity index (χ3v) is 5.19. The van der Waals surface area contributed by atoms with E-state index in [0.717, 1.165) is 18.6 Å². The number of aromatic nitrogens is 1. The lowest BCUT2D eigenvalue weighted by Gasteiger charge is -2.16. The summed E-state index contributed by atoms with van der Waals surface area (Å²) < 4.78 is 40.0. The number of amides is 1. The summed E-state index contributed by atoms with van der Waals surface area (Å²) in [5.41, 5.74) is 1.08. The first kappa shape index (κ1) is 19.5. The van der Waals surface area contributed by atoms with E-state index in [1.165, 1.54) is 35.2 Å². The van der Waals surface area contributed by atoms with Gasteiger partial charge in [-0.3, -0.25) is 4.79 Å². The molecular weight excluding hydrogens is 369 g/mol. The molecule has 134 valence electrons. The maximum Gasteiger partial charge on any atom is 0.418 e. The molecule has 0 aliphatic heterocycles. The molecule has 1 aromatic carbocycles. The smallest absolute Gasteiger partial charge is 0.322 e. The fourth-order valence-corrected chi connectivity index (χ4v) is 3.38. The molecule has 1 atom stereocenters. The highest BCUT2D eigenvalue weighted by molar-refractivity contribution is 7.99. The first-order valence-electron chi connectivity index (χ1n) is 7.54. The number of alkyl halides is 3. The molecule has 1 unspecified atom stereocenters. The van der Waals surface area contributed by atoms with Crippen LogP contribution in [0.2, 0.25) is 0 Å². The standard InChI is InChI=1S/C17H17F3N2OS2/c1-3-11(2)25-13-5-6-15(14(8-13)17(18,19)20)22-16(23)7-4-12-9-24-10-21-12/h4-11H,3H2,1-2H3,(H,22,23). The van der Waals surface area contributed by atoms with E-state index in [1.807, 2.05) is 13.8 Å². The number of anilines is 1. The normalized spacial score (nSPS) is 13.2. The maximum absolute atomic E-state index is 13.3. The van der Waals surface area contributed by atoms with Crippen molar-refractivity contribution in [3.63, 3.8) is 0 Å². The topological polar surface area (TPSA) is 42.0 Å². The van der Waals surface area contributed by atoms with E-state index in [9.17, 15) is 18.0 Å². The predicted octanol–water partition coefficient (Wildman–Crippen LogP) is 5.70. The Balaban J connectivity index is 2.19. The Kier molecular flexibility index (Phi) is 6.66. The van der Waals surface area contributed by atoms with Gasteiger partial charge in [-0.1, -0.05) is 13.8 Å². The van der Waals surface area contributed by atoms with Gasteiger partial charge in [0, 0.05) is 21.6 Å². The van der Waals surface area contributed by atoms with E-state index < -0.39 is 17.6 Å². The second-order valence-electron chi connectivity index (χ2n) is 5.28. The van der Waals surface area contributed by atoms with Crippen molar-refractivity contribution in [2.24, 2.45) is 0 Å². The summed E-state index contributed by atoms with van der Waals surface area (Å²) in [4.78, 5) is 16.4. The quantitative estimate of drug-likeness (QED) is 0.511. The number of carbonyl (C=O) groups is 1. The van der Waals surface area contributed by atoms with Gasteiger partial charge in [0.25, 0.3) is 0 Å². The molecule has 0 saturated heterocycles. The Bertz CT molecular complexity index is 743. The second kappa shape index (κ2) is 8.53. The number of carbonyl (C=O) groups excluding carboxylic acids is 1. The Morgan fingerprint density at radius 1 is 1.44 bits per heavy atom. The molecule has 25 heavy (non-hydrogen) atoms. The van der Waals surface area contributed by atoms with Crippen LogP contribution in [0, 0.1) is 0 Å². The average molecular weight is 386 g/mol. The van der Waals surface area contributed by atoms with Crippen LogP contribution in [0.15, 0.2) is 40.1 Å². The van der Waals surface area contributed by atoms with Crippen molar-refractivity contribution in [1.82, 2.24) is 4.98 Å². The molecule has 1 heterocycles. The number of hydrogen-bond acceptors (Lipinski definition) is 4. The van der Waals surface area contributed by atoms with Crippen molar-refractivity contribution in [3.8, 4) is 0 Å². The number of nitrogens with one attached hydrogen (secondary N) is 1. The van der Waals surface area contributed by atoms with Crippen LogP contribution >= 0.6 is 23.1 Å². The Morgan fingerprint density at radius 2 is 2.20 bits per heavy atom. The van der Waals surface area contributed by atoms with Gasteiger partial charge in [0.1, 0.15) is 0 Å². The van der Waals surface area contributed by atoms with Gasteiger partial charge >= 0.3 is 6.18 Å². The molecule has 1 amide bonds. The van der Waals surface area contributed by atoms with Crippen LogP contribution in [0.1, 0.15) is 31.5 Å². The number of thiazole rings is 1. The van der Waals surface area contributed by atoms with E-state index in [2.05, 4.69) is 10.3 Å². The van der Waals surface area contributed by atoms with Gasteiger partial charge in [-0.05, 0) is 30.7 Å².